The average molecular weight is 367 g/mol. The molecule has 6 heteroatoms. The number of hydrogen-bond acceptors (Lipinski definition) is 4. The van der Waals surface area contributed by atoms with Crippen LogP contribution in [0.4, 0.5) is 17.3 Å². The van der Waals surface area contributed by atoms with Gasteiger partial charge in [0.2, 0.25) is 5.95 Å². The first-order valence-corrected chi connectivity index (χ1v) is 8.66. The van der Waals surface area contributed by atoms with Gasteiger partial charge in [-0.2, -0.15) is 0 Å². The van der Waals surface area contributed by atoms with E-state index in [1.54, 1.807) is 12.1 Å². The molecule has 0 fully saturated rings. The Morgan fingerprint density at radius 1 is 1.04 bits per heavy atom. The van der Waals surface area contributed by atoms with Gasteiger partial charge in [-0.25, -0.2) is 9.97 Å². The molecule has 0 aliphatic heterocycles. The number of anilines is 3. The van der Waals surface area contributed by atoms with Gasteiger partial charge in [0.15, 0.2) is 0 Å². The summed E-state index contributed by atoms with van der Waals surface area (Å²) in [5.74, 6) is 0.452. The Labute approximate surface area is 157 Å². The minimum Gasteiger partial charge on any atom is -0.323 e. The smallest absolute Gasteiger partial charge is 0.274 e. The zero-order valence-corrected chi connectivity index (χ0v) is 15.3. The summed E-state index contributed by atoms with van der Waals surface area (Å²) in [6.07, 6.45) is 1.53. The van der Waals surface area contributed by atoms with Gasteiger partial charge in [-0.15, -0.1) is 0 Å². The Hall–Kier alpha value is -2.92. The number of para-hydroxylation sites is 1. The van der Waals surface area contributed by atoms with Crippen molar-refractivity contribution in [2.75, 3.05) is 10.6 Å². The topological polar surface area (TPSA) is 66.9 Å². The first-order valence-electron chi connectivity index (χ1n) is 8.29. The molecule has 0 aliphatic carbocycles. The molecule has 0 spiro atoms. The van der Waals surface area contributed by atoms with Crippen molar-refractivity contribution >= 4 is 34.8 Å². The highest BCUT2D eigenvalue weighted by molar-refractivity contribution is 6.33. The molecule has 3 rings (SSSR count). The lowest BCUT2D eigenvalue weighted by atomic mass is 10.0. The van der Waals surface area contributed by atoms with Crippen molar-refractivity contribution in [2.24, 2.45) is 0 Å². The normalized spacial score (nSPS) is 10.6. The van der Waals surface area contributed by atoms with Crippen LogP contribution in [0.25, 0.3) is 0 Å². The van der Waals surface area contributed by atoms with E-state index in [-0.39, 0.29) is 11.6 Å². The summed E-state index contributed by atoms with van der Waals surface area (Å²) in [6.45, 7) is 4.25. The van der Waals surface area contributed by atoms with E-state index < -0.39 is 0 Å². The molecule has 0 aliphatic rings. The predicted molar refractivity (Wildman–Crippen MR) is 105 cm³/mol. The largest absolute Gasteiger partial charge is 0.323 e. The Bertz CT molecular complexity index is 910. The molecule has 3 aromatic rings. The second-order valence-electron chi connectivity index (χ2n) is 6.10. The van der Waals surface area contributed by atoms with Gasteiger partial charge >= 0.3 is 0 Å². The van der Waals surface area contributed by atoms with Gasteiger partial charge < -0.3 is 10.6 Å². The van der Waals surface area contributed by atoms with Crippen molar-refractivity contribution in [3.63, 3.8) is 0 Å². The maximum atomic E-state index is 12.4. The van der Waals surface area contributed by atoms with Crippen molar-refractivity contribution in [3.8, 4) is 0 Å². The van der Waals surface area contributed by atoms with Crippen LogP contribution in [0.2, 0.25) is 5.02 Å². The number of benzene rings is 2. The molecule has 132 valence electrons. The highest BCUT2D eigenvalue weighted by atomic mass is 35.5. The van der Waals surface area contributed by atoms with Crippen LogP contribution in [0, 0.1) is 0 Å². The highest BCUT2D eigenvalue weighted by Crippen LogP contribution is 2.23. The molecule has 0 bridgehead atoms. The summed E-state index contributed by atoms with van der Waals surface area (Å²) in [7, 11) is 0. The summed E-state index contributed by atoms with van der Waals surface area (Å²) in [5, 5.41) is 6.41. The number of aromatic nitrogens is 2. The molecule has 1 aromatic heterocycles. The number of amides is 1. The number of halogens is 1. The van der Waals surface area contributed by atoms with Crippen molar-refractivity contribution < 1.29 is 4.79 Å². The second-order valence-corrected chi connectivity index (χ2v) is 6.51. The average Bonchev–Trinajstić information content (AvgIpc) is 2.64. The van der Waals surface area contributed by atoms with Gasteiger partial charge in [0.25, 0.3) is 5.91 Å². The lowest BCUT2D eigenvalue weighted by molar-refractivity contribution is 0.102. The van der Waals surface area contributed by atoms with Gasteiger partial charge in [-0.05, 0) is 41.8 Å². The van der Waals surface area contributed by atoms with Gasteiger partial charge in [-0.1, -0.05) is 49.7 Å². The van der Waals surface area contributed by atoms with Gasteiger partial charge in [0.05, 0.1) is 10.7 Å². The summed E-state index contributed by atoms with van der Waals surface area (Å²) >= 11 is 6.12. The van der Waals surface area contributed by atoms with E-state index in [9.17, 15) is 4.79 Å². The fourth-order valence-electron chi connectivity index (χ4n) is 2.37. The van der Waals surface area contributed by atoms with E-state index in [1.807, 2.05) is 42.5 Å². The monoisotopic (exact) mass is 366 g/mol. The van der Waals surface area contributed by atoms with Crippen LogP contribution in [0.3, 0.4) is 0 Å². The maximum absolute atomic E-state index is 12.4. The number of nitrogens with one attached hydrogen (secondary N) is 2. The van der Waals surface area contributed by atoms with Crippen LogP contribution in [0.1, 0.15) is 35.8 Å². The maximum Gasteiger partial charge on any atom is 0.274 e. The third kappa shape index (κ3) is 4.37. The Morgan fingerprint density at radius 2 is 1.77 bits per heavy atom. The second kappa shape index (κ2) is 7.97. The molecule has 0 saturated heterocycles. The van der Waals surface area contributed by atoms with Crippen LogP contribution >= 0.6 is 11.6 Å². The van der Waals surface area contributed by atoms with Crippen molar-refractivity contribution in [2.45, 2.75) is 19.8 Å². The minimum atomic E-state index is -0.299. The highest BCUT2D eigenvalue weighted by Gasteiger charge is 2.10. The predicted octanol–water partition coefficient (Wildman–Crippen LogP) is 5.25. The summed E-state index contributed by atoms with van der Waals surface area (Å²) in [6, 6.07) is 16.6. The molecule has 1 heterocycles. The van der Waals surface area contributed by atoms with Gasteiger partial charge in [0, 0.05) is 11.9 Å². The van der Waals surface area contributed by atoms with Crippen LogP contribution in [0.15, 0.2) is 60.8 Å². The molecule has 0 atom stereocenters. The van der Waals surface area contributed by atoms with E-state index in [0.717, 1.165) is 5.69 Å². The van der Waals surface area contributed by atoms with Crippen LogP contribution in [-0.4, -0.2) is 15.9 Å². The molecule has 0 unspecified atom stereocenters. The van der Waals surface area contributed by atoms with Crippen molar-refractivity contribution in [1.29, 1.82) is 0 Å². The Morgan fingerprint density at radius 3 is 2.46 bits per heavy atom. The molecule has 2 N–H and O–H groups in total. The van der Waals surface area contributed by atoms with E-state index in [4.69, 9.17) is 11.6 Å². The number of rotatable bonds is 5. The first-order chi connectivity index (χ1) is 12.5. The molecular weight excluding hydrogens is 348 g/mol. The molecule has 2 aromatic carbocycles. The van der Waals surface area contributed by atoms with Crippen molar-refractivity contribution in [1.82, 2.24) is 9.97 Å². The SMILES string of the molecule is CC(C)c1ccc(NC(=O)c2ccnc(Nc3ccccc3Cl)n2)cc1. The Kier molecular flexibility index (Phi) is 5.49. The minimum absolute atomic E-state index is 0.266. The van der Waals surface area contributed by atoms with Gasteiger partial charge in [0.1, 0.15) is 5.69 Å². The molecule has 5 nitrogen and oxygen atoms in total. The number of hydrogen-bond donors (Lipinski definition) is 2. The molecule has 0 radical (unpaired) electrons. The van der Waals surface area contributed by atoms with Crippen LogP contribution in [0.5, 0.6) is 0 Å². The summed E-state index contributed by atoms with van der Waals surface area (Å²) in [5.41, 5.74) is 2.88. The molecule has 0 saturated carbocycles. The van der Waals surface area contributed by atoms with Crippen molar-refractivity contribution in [3.05, 3.63) is 77.1 Å². The molecule has 1 amide bonds. The zero-order valence-electron chi connectivity index (χ0n) is 14.5. The fraction of sp³-hybridized carbons (Fsp3) is 0.150. The van der Waals surface area contributed by atoms with E-state index in [1.165, 1.54) is 11.8 Å². The quantitative estimate of drug-likeness (QED) is 0.647. The number of carbonyl (C=O) groups is 1. The fourth-order valence-corrected chi connectivity index (χ4v) is 2.56. The summed E-state index contributed by atoms with van der Waals surface area (Å²) < 4.78 is 0. The number of nitrogens with zero attached hydrogens (tertiary/aromatic N) is 2. The third-order valence-electron chi connectivity index (χ3n) is 3.84. The molecular formula is C20H19ClN4O. The van der Waals surface area contributed by atoms with Gasteiger partial charge in [-0.3, -0.25) is 4.79 Å². The van der Waals surface area contributed by atoms with Crippen LogP contribution < -0.4 is 10.6 Å². The number of carbonyl (C=O) groups excluding carboxylic acids is 1. The van der Waals surface area contributed by atoms with Crippen LogP contribution in [-0.2, 0) is 0 Å². The van der Waals surface area contributed by atoms with E-state index in [2.05, 4.69) is 34.4 Å². The van der Waals surface area contributed by atoms with E-state index in [0.29, 0.717) is 22.6 Å². The summed E-state index contributed by atoms with van der Waals surface area (Å²) in [4.78, 5) is 20.8. The lowest BCUT2D eigenvalue weighted by Gasteiger charge is -2.09. The standard InChI is InChI=1S/C20H19ClN4O/c1-13(2)14-7-9-15(10-8-14)23-19(26)18-11-12-22-20(25-18)24-17-6-4-3-5-16(17)21/h3-13H,1-2H3,(H,23,26)(H,22,24,25). The Balaban J connectivity index is 1.73. The van der Waals surface area contributed by atoms with E-state index >= 15 is 0 Å². The zero-order chi connectivity index (χ0) is 18.5. The third-order valence-corrected chi connectivity index (χ3v) is 4.17. The lowest BCUT2D eigenvalue weighted by Crippen LogP contribution is -2.14. The first kappa shape index (κ1) is 17.9. The molecule has 26 heavy (non-hydrogen) atoms.